The van der Waals surface area contributed by atoms with Crippen molar-refractivity contribution < 1.29 is 28.9 Å². The Morgan fingerprint density at radius 1 is 0.926 bits per heavy atom. The van der Waals surface area contributed by atoms with Gasteiger partial charge in [0.05, 0.1) is 48.3 Å². The number of rotatable bonds is 4. The lowest BCUT2D eigenvalue weighted by molar-refractivity contribution is 0.0596. The van der Waals surface area contributed by atoms with Gasteiger partial charge in [0.2, 0.25) is 0 Å². The van der Waals surface area contributed by atoms with E-state index in [0.29, 0.717) is 16.5 Å². The van der Waals surface area contributed by atoms with Crippen molar-refractivity contribution in [1.82, 2.24) is 0 Å². The van der Waals surface area contributed by atoms with Crippen LogP contribution in [0.4, 0.5) is 11.4 Å². The Balaban J connectivity index is 0.000000271. The van der Waals surface area contributed by atoms with Crippen LogP contribution in [0.5, 0.6) is 11.5 Å². The van der Waals surface area contributed by atoms with Gasteiger partial charge in [-0.25, -0.2) is 9.59 Å². The summed E-state index contributed by atoms with van der Waals surface area (Å²) in [5.41, 5.74) is 12.0. The molecule has 0 aliphatic rings. The van der Waals surface area contributed by atoms with E-state index >= 15 is 0 Å². The minimum Gasteiger partial charge on any atom is -0.496 e. The molecule has 5 N–H and O–H groups in total. The van der Waals surface area contributed by atoms with Crippen molar-refractivity contribution in [3.05, 3.63) is 45.4 Å². The van der Waals surface area contributed by atoms with E-state index in [1.54, 1.807) is 0 Å². The van der Waals surface area contributed by atoms with E-state index in [1.807, 2.05) is 0 Å². The molecule has 0 spiro atoms. The summed E-state index contributed by atoms with van der Waals surface area (Å²) in [4.78, 5) is 21.8. The number of esters is 1. The Morgan fingerprint density at radius 2 is 1.52 bits per heavy atom. The van der Waals surface area contributed by atoms with Crippen LogP contribution in [0.25, 0.3) is 0 Å². The normalized spacial score (nSPS) is 9.67. The van der Waals surface area contributed by atoms with Crippen LogP contribution in [-0.4, -0.2) is 38.4 Å². The number of methoxy groups -OCH3 is 3. The average Bonchev–Trinajstić information content (AvgIpc) is 2.65. The Hall–Kier alpha value is -2.84. The fraction of sp³-hybridized carbons (Fsp3) is 0.176. The lowest BCUT2D eigenvalue weighted by Crippen LogP contribution is -2.05. The number of nitrogens with two attached hydrogens (primary N) is 2. The van der Waals surface area contributed by atoms with Crippen LogP contribution in [-0.2, 0) is 4.74 Å². The Morgan fingerprint density at radius 3 is 2.00 bits per heavy atom. The second-order valence-electron chi connectivity index (χ2n) is 4.94. The van der Waals surface area contributed by atoms with E-state index < -0.39 is 11.9 Å². The molecule has 0 atom stereocenters. The lowest BCUT2D eigenvalue weighted by Gasteiger charge is -2.08. The number of carbonyl (C=O) groups excluding carboxylic acids is 1. The highest BCUT2D eigenvalue weighted by atomic mass is 35.5. The van der Waals surface area contributed by atoms with Crippen molar-refractivity contribution >= 4 is 46.5 Å². The summed E-state index contributed by atoms with van der Waals surface area (Å²) in [6.07, 6.45) is 0. The first kappa shape index (κ1) is 22.2. The summed E-state index contributed by atoms with van der Waals surface area (Å²) in [6.45, 7) is 0. The molecule has 0 saturated carbocycles. The van der Waals surface area contributed by atoms with Gasteiger partial charge in [0.1, 0.15) is 17.1 Å². The quantitative estimate of drug-likeness (QED) is 0.509. The molecule has 0 aliphatic carbocycles. The molecule has 10 heteroatoms. The Labute approximate surface area is 165 Å². The predicted octanol–water partition coefficient (Wildman–Crippen LogP) is 3.35. The summed E-state index contributed by atoms with van der Waals surface area (Å²) in [6, 6.07) is 5.50. The van der Waals surface area contributed by atoms with Crippen LogP contribution in [0.1, 0.15) is 20.7 Å². The monoisotopic (exact) mass is 416 g/mol. The molecule has 146 valence electrons. The standard InChI is InChI=1S/C9H10ClNO3.C8H8ClNO3/c1-13-8-4-7(11)6(10)3-5(8)9(12)14-2;1-13-6-3-4(8(11)12)2-5(9)7(6)10/h3-4H,11H2,1-2H3;2-3H,10H2,1H3,(H,11,12). The van der Waals surface area contributed by atoms with Gasteiger partial charge in [0.25, 0.3) is 0 Å². The lowest BCUT2D eigenvalue weighted by atomic mass is 10.2. The molecule has 0 amide bonds. The minimum atomic E-state index is -1.07. The van der Waals surface area contributed by atoms with Crippen LogP contribution >= 0.6 is 23.2 Å². The smallest absolute Gasteiger partial charge is 0.341 e. The number of anilines is 2. The van der Waals surface area contributed by atoms with Crippen molar-refractivity contribution in [2.24, 2.45) is 0 Å². The molecule has 0 heterocycles. The molecule has 2 rings (SSSR count). The first-order valence-electron chi connectivity index (χ1n) is 7.23. The van der Waals surface area contributed by atoms with Crippen LogP contribution in [0.15, 0.2) is 24.3 Å². The number of aromatic carboxylic acids is 1. The van der Waals surface area contributed by atoms with E-state index in [4.69, 9.17) is 49.2 Å². The summed E-state index contributed by atoms with van der Waals surface area (Å²) in [7, 11) is 4.12. The molecule has 0 saturated heterocycles. The molecule has 0 aromatic heterocycles. The number of hydrogen-bond donors (Lipinski definition) is 3. The summed E-state index contributed by atoms with van der Waals surface area (Å²) in [5, 5.41) is 9.14. The van der Waals surface area contributed by atoms with E-state index in [-0.39, 0.29) is 27.6 Å². The summed E-state index contributed by atoms with van der Waals surface area (Å²) < 4.78 is 14.4. The first-order valence-corrected chi connectivity index (χ1v) is 7.99. The van der Waals surface area contributed by atoms with Gasteiger partial charge in [-0.1, -0.05) is 23.2 Å². The molecule has 0 unspecified atom stereocenters. The molecule has 8 nitrogen and oxygen atoms in total. The second kappa shape index (κ2) is 9.75. The number of hydrogen-bond acceptors (Lipinski definition) is 7. The largest absolute Gasteiger partial charge is 0.496 e. The average molecular weight is 417 g/mol. The zero-order valence-corrected chi connectivity index (χ0v) is 16.2. The molecule has 0 aliphatic heterocycles. The van der Waals surface area contributed by atoms with E-state index in [0.717, 1.165) is 0 Å². The minimum absolute atomic E-state index is 0.0519. The highest BCUT2D eigenvalue weighted by Gasteiger charge is 2.15. The Kier molecular flexibility index (Phi) is 8.01. The maximum atomic E-state index is 11.3. The van der Waals surface area contributed by atoms with Crippen LogP contribution in [0.3, 0.4) is 0 Å². The van der Waals surface area contributed by atoms with E-state index in [9.17, 15) is 9.59 Å². The molecule has 0 radical (unpaired) electrons. The second-order valence-corrected chi connectivity index (χ2v) is 5.76. The van der Waals surface area contributed by atoms with Crippen molar-refractivity contribution in [1.29, 1.82) is 0 Å². The van der Waals surface area contributed by atoms with Gasteiger partial charge < -0.3 is 30.8 Å². The van der Waals surface area contributed by atoms with Crippen molar-refractivity contribution in [2.45, 2.75) is 0 Å². The van der Waals surface area contributed by atoms with Crippen LogP contribution in [0.2, 0.25) is 10.0 Å². The zero-order valence-electron chi connectivity index (χ0n) is 14.7. The number of ether oxygens (including phenoxy) is 3. The topological polar surface area (TPSA) is 134 Å². The fourth-order valence-electron chi connectivity index (χ4n) is 1.89. The van der Waals surface area contributed by atoms with Crippen molar-refractivity contribution in [2.75, 3.05) is 32.8 Å². The highest BCUT2D eigenvalue weighted by molar-refractivity contribution is 6.34. The number of benzene rings is 2. The maximum absolute atomic E-state index is 11.3. The van der Waals surface area contributed by atoms with Gasteiger partial charge >= 0.3 is 11.9 Å². The molecule has 27 heavy (non-hydrogen) atoms. The number of carboxylic acid groups (broad SMARTS) is 1. The third-order valence-corrected chi connectivity index (χ3v) is 3.92. The van der Waals surface area contributed by atoms with Crippen molar-refractivity contribution in [3.63, 3.8) is 0 Å². The van der Waals surface area contributed by atoms with Gasteiger partial charge in [0, 0.05) is 6.07 Å². The van der Waals surface area contributed by atoms with Crippen molar-refractivity contribution in [3.8, 4) is 11.5 Å². The van der Waals surface area contributed by atoms with E-state index in [1.165, 1.54) is 45.6 Å². The third kappa shape index (κ3) is 5.57. The van der Waals surface area contributed by atoms with Gasteiger partial charge in [0.15, 0.2) is 0 Å². The molecular weight excluding hydrogens is 399 g/mol. The third-order valence-electron chi connectivity index (χ3n) is 3.28. The zero-order chi connectivity index (χ0) is 20.7. The van der Waals surface area contributed by atoms with Gasteiger partial charge in [-0.2, -0.15) is 0 Å². The Bertz CT molecular complexity index is 858. The van der Waals surface area contributed by atoms with Crippen LogP contribution in [0, 0.1) is 0 Å². The molecule has 2 aromatic rings. The predicted molar refractivity (Wildman–Crippen MR) is 103 cm³/mol. The number of carbonyl (C=O) groups is 2. The fourth-order valence-corrected chi connectivity index (χ4v) is 2.27. The molecule has 0 fully saturated rings. The molecule has 0 bridgehead atoms. The van der Waals surface area contributed by atoms with Crippen LogP contribution < -0.4 is 20.9 Å². The van der Waals surface area contributed by atoms with Gasteiger partial charge in [-0.05, 0) is 18.2 Å². The SMILES string of the molecule is COC(=O)c1cc(Cl)c(N)cc1OC.COc1cc(C(=O)O)cc(Cl)c1N. The van der Waals surface area contributed by atoms with E-state index in [2.05, 4.69) is 4.74 Å². The van der Waals surface area contributed by atoms with Gasteiger partial charge in [-0.15, -0.1) is 0 Å². The molecular formula is C17H18Cl2N2O6. The van der Waals surface area contributed by atoms with Gasteiger partial charge in [-0.3, -0.25) is 0 Å². The number of nitrogen functional groups attached to an aromatic ring is 2. The number of carboxylic acids is 1. The summed E-state index contributed by atoms with van der Waals surface area (Å²) >= 11 is 11.4. The highest BCUT2D eigenvalue weighted by Crippen LogP contribution is 2.31. The number of halogens is 2. The summed E-state index contributed by atoms with van der Waals surface area (Å²) in [5.74, 6) is -0.965. The maximum Gasteiger partial charge on any atom is 0.341 e. The first-order chi connectivity index (χ1) is 12.7. The molecule has 2 aromatic carbocycles.